The lowest BCUT2D eigenvalue weighted by atomic mass is 9.81. The monoisotopic (exact) mass is 251 g/mol. The number of rotatable bonds is 3. The summed E-state index contributed by atoms with van der Waals surface area (Å²) in [5, 5.41) is 13.5. The van der Waals surface area contributed by atoms with E-state index in [0.29, 0.717) is 6.54 Å². The van der Waals surface area contributed by atoms with Crippen molar-refractivity contribution in [2.24, 2.45) is 12.5 Å². The van der Waals surface area contributed by atoms with Crippen molar-refractivity contribution >= 4 is 5.97 Å². The number of hydrogen-bond acceptors (Lipinski definition) is 3. The molecule has 5 heteroatoms. The fourth-order valence-corrected chi connectivity index (χ4v) is 2.65. The van der Waals surface area contributed by atoms with Gasteiger partial charge in [0, 0.05) is 31.4 Å². The second-order valence-corrected chi connectivity index (χ2v) is 5.56. The summed E-state index contributed by atoms with van der Waals surface area (Å²) >= 11 is 0. The minimum absolute atomic E-state index is 0.220. The van der Waals surface area contributed by atoms with Gasteiger partial charge in [-0.3, -0.25) is 14.4 Å². The van der Waals surface area contributed by atoms with Crippen LogP contribution in [0.1, 0.15) is 38.3 Å². The van der Waals surface area contributed by atoms with Crippen molar-refractivity contribution in [3.63, 3.8) is 0 Å². The molecule has 0 radical (unpaired) electrons. The van der Waals surface area contributed by atoms with Gasteiger partial charge in [0.1, 0.15) is 0 Å². The van der Waals surface area contributed by atoms with E-state index in [1.54, 1.807) is 4.68 Å². The summed E-state index contributed by atoms with van der Waals surface area (Å²) in [7, 11) is 1.90. The minimum Gasteiger partial charge on any atom is -0.481 e. The molecule has 0 amide bonds. The molecule has 1 saturated heterocycles. The second kappa shape index (κ2) is 4.72. The summed E-state index contributed by atoms with van der Waals surface area (Å²) in [6.45, 7) is 5.53. The van der Waals surface area contributed by atoms with Gasteiger partial charge in [0.2, 0.25) is 0 Å². The molecule has 0 spiro atoms. The Bertz CT molecular complexity index is 443. The highest BCUT2D eigenvalue weighted by Gasteiger charge is 2.39. The van der Waals surface area contributed by atoms with Crippen LogP contribution in [0.4, 0.5) is 0 Å². The predicted molar refractivity (Wildman–Crippen MR) is 68.2 cm³/mol. The molecule has 18 heavy (non-hydrogen) atoms. The molecule has 1 aromatic heterocycles. The summed E-state index contributed by atoms with van der Waals surface area (Å²) in [6.07, 6.45) is 5.56. The lowest BCUT2D eigenvalue weighted by Crippen LogP contribution is -2.46. The fourth-order valence-electron chi connectivity index (χ4n) is 2.65. The van der Waals surface area contributed by atoms with Crippen molar-refractivity contribution in [3.05, 3.63) is 18.0 Å². The van der Waals surface area contributed by atoms with Crippen LogP contribution in [0.3, 0.4) is 0 Å². The highest BCUT2D eigenvalue weighted by Crippen LogP contribution is 2.34. The molecule has 1 aliphatic heterocycles. The number of nitrogens with zero attached hydrogens (tertiary/aromatic N) is 3. The van der Waals surface area contributed by atoms with Crippen LogP contribution >= 0.6 is 0 Å². The minimum atomic E-state index is -0.689. The van der Waals surface area contributed by atoms with Crippen molar-refractivity contribution in [1.29, 1.82) is 0 Å². The van der Waals surface area contributed by atoms with Gasteiger partial charge in [-0.05, 0) is 33.2 Å². The first-order valence-electron chi connectivity index (χ1n) is 6.38. The summed E-state index contributed by atoms with van der Waals surface area (Å²) in [6, 6.07) is 0.220. The zero-order valence-electron chi connectivity index (χ0n) is 11.3. The highest BCUT2D eigenvalue weighted by molar-refractivity contribution is 5.74. The second-order valence-electron chi connectivity index (χ2n) is 5.56. The topological polar surface area (TPSA) is 58.4 Å². The molecular formula is C13H21N3O2. The first-order chi connectivity index (χ1) is 8.42. The molecule has 0 aromatic carbocycles. The normalized spacial score (nSPS) is 27.1. The number of hydrogen-bond donors (Lipinski definition) is 1. The van der Waals surface area contributed by atoms with Crippen molar-refractivity contribution in [2.45, 2.75) is 32.7 Å². The van der Waals surface area contributed by atoms with Gasteiger partial charge in [0.05, 0.1) is 11.6 Å². The van der Waals surface area contributed by atoms with E-state index in [1.807, 2.05) is 26.4 Å². The number of carboxylic acids is 1. The van der Waals surface area contributed by atoms with Crippen molar-refractivity contribution in [3.8, 4) is 0 Å². The van der Waals surface area contributed by atoms with E-state index in [1.165, 1.54) is 0 Å². The Morgan fingerprint density at radius 2 is 2.33 bits per heavy atom. The Balaban J connectivity index is 2.11. The molecule has 2 unspecified atom stereocenters. The number of aryl methyl sites for hydroxylation is 1. The molecule has 100 valence electrons. The summed E-state index contributed by atoms with van der Waals surface area (Å²) in [5.41, 5.74) is 0.529. The SMILES string of the molecule is CC(c1cnn(C)c1)N1CCCC(C)(C(=O)O)C1. The molecule has 1 fully saturated rings. The zero-order valence-corrected chi connectivity index (χ0v) is 11.3. The molecule has 2 rings (SSSR count). The Hall–Kier alpha value is -1.36. The van der Waals surface area contributed by atoms with Gasteiger partial charge in [0.25, 0.3) is 0 Å². The Morgan fingerprint density at radius 1 is 1.61 bits per heavy atom. The van der Waals surface area contributed by atoms with Gasteiger partial charge in [0.15, 0.2) is 0 Å². The lowest BCUT2D eigenvalue weighted by Gasteiger charge is -2.40. The summed E-state index contributed by atoms with van der Waals surface area (Å²) < 4.78 is 1.78. The smallest absolute Gasteiger partial charge is 0.310 e. The zero-order chi connectivity index (χ0) is 13.3. The van der Waals surface area contributed by atoms with E-state index in [2.05, 4.69) is 16.9 Å². The fraction of sp³-hybridized carbons (Fsp3) is 0.692. The molecule has 0 bridgehead atoms. The van der Waals surface area contributed by atoms with Crippen molar-refractivity contribution < 1.29 is 9.90 Å². The number of aliphatic carboxylic acids is 1. The van der Waals surface area contributed by atoms with Crippen LogP contribution in [-0.4, -0.2) is 38.8 Å². The van der Waals surface area contributed by atoms with Crippen LogP contribution in [-0.2, 0) is 11.8 Å². The third kappa shape index (κ3) is 2.41. The Labute approximate surface area is 107 Å². The number of carboxylic acid groups (broad SMARTS) is 1. The van der Waals surface area contributed by atoms with Gasteiger partial charge in [-0.2, -0.15) is 5.10 Å². The van der Waals surface area contributed by atoms with Crippen LogP contribution in [0.5, 0.6) is 0 Å². The molecule has 2 heterocycles. The third-order valence-corrected chi connectivity index (χ3v) is 4.00. The largest absolute Gasteiger partial charge is 0.481 e. The summed E-state index contributed by atoms with van der Waals surface area (Å²) in [4.78, 5) is 13.6. The highest BCUT2D eigenvalue weighted by atomic mass is 16.4. The first-order valence-corrected chi connectivity index (χ1v) is 6.38. The van der Waals surface area contributed by atoms with Gasteiger partial charge in [-0.1, -0.05) is 0 Å². The van der Waals surface area contributed by atoms with E-state index in [-0.39, 0.29) is 6.04 Å². The molecule has 0 aliphatic carbocycles. The molecule has 1 N–H and O–H groups in total. The number of piperidine rings is 1. The van der Waals surface area contributed by atoms with Gasteiger partial charge in [-0.25, -0.2) is 0 Å². The van der Waals surface area contributed by atoms with Crippen LogP contribution in [0, 0.1) is 5.41 Å². The average Bonchev–Trinajstić information content (AvgIpc) is 2.75. The van der Waals surface area contributed by atoms with Gasteiger partial charge in [-0.15, -0.1) is 0 Å². The molecule has 0 saturated carbocycles. The van der Waals surface area contributed by atoms with Gasteiger partial charge >= 0.3 is 5.97 Å². The summed E-state index contributed by atoms with van der Waals surface area (Å²) in [5.74, 6) is -0.689. The number of carbonyl (C=O) groups is 1. The predicted octanol–water partition coefficient (Wildman–Crippen LogP) is 1.67. The maximum absolute atomic E-state index is 11.3. The van der Waals surface area contributed by atoms with E-state index < -0.39 is 11.4 Å². The van der Waals surface area contributed by atoms with E-state index in [4.69, 9.17) is 0 Å². The number of likely N-dealkylation sites (tertiary alicyclic amines) is 1. The standard InChI is InChI=1S/C13H21N3O2/c1-10(11-7-14-15(3)8-11)16-6-4-5-13(2,9-16)12(17)18/h7-8,10H,4-6,9H2,1-3H3,(H,17,18). The average molecular weight is 251 g/mol. The lowest BCUT2D eigenvalue weighted by molar-refractivity contribution is -0.151. The van der Waals surface area contributed by atoms with Gasteiger partial charge < -0.3 is 5.11 Å². The molecule has 1 aliphatic rings. The van der Waals surface area contributed by atoms with E-state index >= 15 is 0 Å². The molecule has 2 atom stereocenters. The first kappa shape index (κ1) is 13.1. The Morgan fingerprint density at radius 3 is 2.89 bits per heavy atom. The number of aromatic nitrogens is 2. The van der Waals surface area contributed by atoms with E-state index in [9.17, 15) is 9.90 Å². The van der Waals surface area contributed by atoms with Crippen molar-refractivity contribution in [1.82, 2.24) is 14.7 Å². The quantitative estimate of drug-likeness (QED) is 0.887. The third-order valence-electron chi connectivity index (χ3n) is 4.00. The molecular weight excluding hydrogens is 230 g/mol. The maximum Gasteiger partial charge on any atom is 0.310 e. The maximum atomic E-state index is 11.3. The molecule has 1 aromatic rings. The van der Waals surface area contributed by atoms with Crippen LogP contribution in [0.2, 0.25) is 0 Å². The molecule has 5 nitrogen and oxygen atoms in total. The van der Waals surface area contributed by atoms with E-state index in [0.717, 1.165) is 24.9 Å². The van der Waals surface area contributed by atoms with Crippen molar-refractivity contribution in [2.75, 3.05) is 13.1 Å². The van der Waals surface area contributed by atoms with Crippen LogP contribution in [0.15, 0.2) is 12.4 Å². The Kier molecular flexibility index (Phi) is 3.43. The van der Waals surface area contributed by atoms with Crippen LogP contribution < -0.4 is 0 Å². The van der Waals surface area contributed by atoms with Crippen LogP contribution in [0.25, 0.3) is 0 Å².